The number of nitrogens with two attached hydrogens (primary N) is 2. The van der Waals surface area contributed by atoms with Gasteiger partial charge in [0.25, 0.3) is 0 Å². The van der Waals surface area contributed by atoms with Gasteiger partial charge in [-0.25, -0.2) is 0 Å². The molecule has 0 radical (unpaired) electrons. The molecule has 20 heavy (non-hydrogen) atoms. The Morgan fingerprint density at radius 1 is 1.15 bits per heavy atom. The molecule has 0 amide bonds. The number of aromatic nitrogens is 3. The third-order valence-corrected chi connectivity index (χ3v) is 3.55. The summed E-state index contributed by atoms with van der Waals surface area (Å²) in [6, 6.07) is 10.4. The molecule has 102 valence electrons. The number of nitrogens with one attached hydrogen (secondary N) is 1. The predicted octanol–water partition coefficient (Wildman–Crippen LogP) is 2.47. The fraction of sp³-hybridized carbons (Fsp3) is 0.200. The molecular weight excluding hydrogens is 250 g/mol. The van der Waals surface area contributed by atoms with E-state index in [1.807, 2.05) is 12.3 Å². The molecule has 0 fully saturated rings. The van der Waals surface area contributed by atoms with Crippen molar-refractivity contribution in [2.45, 2.75) is 19.3 Å². The van der Waals surface area contributed by atoms with Gasteiger partial charge in [0.2, 0.25) is 5.95 Å². The SMILES string of the molecule is CC(Cc1c[nH]c2nc(N)nc(N)c12)c1ccccc1. The monoisotopic (exact) mass is 267 g/mol. The highest BCUT2D eigenvalue weighted by Crippen LogP contribution is 2.27. The minimum atomic E-state index is 0.194. The number of anilines is 2. The molecular formula is C15H17N5. The van der Waals surface area contributed by atoms with Crippen molar-refractivity contribution in [3.05, 3.63) is 47.7 Å². The second-order valence-electron chi connectivity index (χ2n) is 5.02. The van der Waals surface area contributed by atoms with Gasteiger partial charge in [-0.1, -0.05) is 37.3 Å². The second-order valence-corrected chi connectivity index (χ2v) is 5.02. The molecule has 2 aromatic heterocycles. The molecule has 0 aliphatic heterocycles. The van der Waals surface area contributed by atoms with Gasteiger partial charge in [0.1, 0.15) is 11.5 Å². The van der Waals surface area contributed by atoms with Crippen molar-refractivity contribution in [1.29, 1.82) is 0 Å². The Kier molecular flexibility index (Phi) is 3.02. The summed E-state index contributed by atoms with van der Waals surface area (Å²) in [5.74, 6) is 1.02. The zero-order chi connectivity index (χ0) is 14.1. The number of H-pyrrole nitrogens is 1. The molecule has 5 heteroatoms. The van der Waals surface area contributed by atoms with Crippen molar-refractivity contribution in [2.24, 2.45) is 0 Å². The molecule has 0 spiro atoms. The van der Waals surface area contributed by atoms with Gasteiger partial charge in [0.05, 0.1) is 5.39 Å². The molecule has 1 unspecified atom stereocenters. The van der Waals surface area contributed by atoms with Crippen LogP contribution in [0.3, 0.4) is 0 Å². The number of fused-ring (bicyclic) bond motifs is 1. The van der Waals surface area contributed by atoms with E-state index in [1.165, 1.54) is 5.56 Å². The molecule has 1 aromatic carbocycles. The Balaban J connectivity index is 1.96. The summed E-state index contributed by atoms with van der Waals surface area (Å²) >= 11 is 0. The summed E-state index contributed by atoms with van der Waals surface area (Å²) in [5, 5.41) is 0.877. The lowest BCUT2D eigenvalue weighted by Crippen LogP contribution is -2.02. The lowest BCUT2D eigenvalue weighted by molar-refractivity contribution is 0.763. The maximum atomic E-state index is 5.97. The molecule has 3 aromatic rings. The van der Waals surface area contributed by atoms with E-state index in [0.29, 0.717) is 17.4 Å². The van der Waals surface area contributed by atoms with Gasteiger partial charge in [0, 0.05) is 6.20 Å². The fourth-order valence-electron chi connectivity index (χ4n) is 2.54. The lowest BCUT2D eigenvalue weighted by atomic mass is 9.94. The first kappa shape index (κ1) is 12.5. The fourth-order valence-corrected chi connectivity index (χ4v) is 2.54. The van der Waals surface area contributed by atoms with Gasteiger partial charge in [-0.05, 0) is 23.5 Å². The Labute approximate surface area is 117 Å². The minimum Gasteiger partial charge on any atom is -0.383 e. The summed E-state index contributed by atoms with van der Waals surface area (Å²) in [6.07, 6.45) is 2.82. The van der Waals surface area contributed by atoms with Crippen LogP contribution in [0.4, 0.5) is 11.8 Å². The predicted molar refractivity (Wildman–Crippen MR) is 81.3 cm³/mol. The van der Waals surface area contributed by atoms with E-state index in [9.17, 15) is 0 Å². The van der Waals surface area contributed by atoms with Gasteiger partial charge in [0.15, 0.2) is 0 Å². The number of rotatable bonds is 3. The van der Waals surface area contributed by atoms with E-state index in [1.54, 1.807) is 0 Å². The van der Waals surface area contributed by atoms with Crippen molar-refractivity contribution in [3.63, 3.8) is 0 Å². The summed E-state index contributed by atoms with van der Waals surface area (Å²) in [4.78, 5) is 11.3. The highest BCUT2D eigenvalue weighted by molar-refractivity contribution is 5.90. The zero-order valence-electron chi connectivity index (χ0n) is 11.3. The summed E-state index contributed by atoms with van der Waals surface area (Å²) in [6.45, 7) is 2.20. The van der Waals surface area contributed by atoms with Crippen LogP contribution < -0.4 is 11.5 Å². The average molecular weight is 267 g/mol. The molecule has 3 rings (SSSR count). The highest BCUT2D eigenvalue weighted by atomic mass is 15.1. The number of nitrogens with zero attached hydrogens (tertiary/aromatic N) is 2. The average Bonchev–Trinajstić information content (AvgIpc) is 2.82. The Bertz CT molecular complexity index is 733. The maximum absolute atomic E-state index is 5.97. The molecule has 5 nitrogen and oxygen atoms in total. The van der Waals surface area contributed by atoms with Gasteiger partial charge in [-0.15, -0.1) is 0 Å². The standard InChI is InChI=1S/C15H17N5/c1-9(10-5-3-2-4-6-10)7-11-8-18-14-12(11)13(16)19-15(17)20-14/h2-6,8-9H,7H2,1H3,(H5,16,17,18,19,20). The van der Waals surface area contributed by atoms with Crippen LogP contribution >= 0.6 is 0 Å². The van der Waals surface area contributed by atoms with Crippen LogP contribution in [0.1, 0.15) is 24.0 Å². The molecule has 0 aliphatic carbocycles. The molecule has 1 atom stereocenters. The van der Waals surface area contributed by atoms with Gasteiger partial charge >= 0.3 is 0 Å². The van der Waals surface area contributed by atoms with E-state index >= 15 is 0 Å². The second kappa shape index (κ2) is 4.85. The van der Waals surface area contributed by atoms with Crippen LogP contribution in [0.5, 0.6) is 0 Å². The van der Waals surface area contributed by atoms with E-state index < -0.39 is 0 Å². The van der Waals surface area contributed by atoms with E-state index in [-0.39, 0.29) is 5.95 Å². The van der Waals surface area contributed by atoms with Crippen molar-refractivity contribution < 1.29 is 0 Å². The van der Waals surface area contributed by atoms with E-state index in [4.69, 9.17) is 11.5 Å². The van der Waals surface area contributed by atoms with E-state index in [2.05, 4.69) is 46.1 Å². The number of aromatic amines is 1. The maximum Gasteiger partial charge on any atom is 0.223 e. The number of nitrogen functional groups attached to an aromatic ring is 2. The van der Waals surface area contributed by atoms with Crippen molar-refractivity contribution in [2.75, 3.05) is 11.5 Å². The van der Waals surface area contributed by atoms with Crippen LogP contribution in [0.2, 0.25) is 0 Å². The Morgan fingerprint density at radius 2 is 1.90 bits per heavy atom. The summed E-state index contributed by atoms with van der Waals surface area (Å²) in [5.41, 5.74) is 14.7. The minimum absolute atomic E-state index is 0.194. The Morgan fingerprint density at radius 3 is 2.65 bits per heavy atom. The Hall–Kier alpha value is -2.56. The number of hydrogen-bond donors (Lipinski definition) is 3. The first-order valence-corrected chi connectivity index (χ1v) is 6.59. The van der Waals surface area contributed by atoms with E-state index in [0.717, 1.165) is 17.4 Å². The third-order valence-electron chi connectivity index (χ3n) is 3.55. The highest BCUT2D eigenvalue weighted by Gasteiger charge is 2.14. The summed E-state index contributed by atoms with van der Waals surface area (Å²) < 4.78 is 0. The van der Waals surface area contributed by atoms with Gasteiger partial charge in [-0.2, -0.15) is 9.97 Å². The van der Waals surface area contributed by atoms with Gasteiger partial charge < -0.3 is 16.5 Å². The van der Waals surface area contributed by atoms with Crippen LogP contribution in [0, 0.1) is 0 Å². The van der Waals surface area contributed by atoms with Crippen molar-refractivity contribution in [3.8, 4) is 0 Å². The van der Waals surface area contributed by atoms with Crippen LogP contribution in [-0.4, -0.2) is 15.0 Å². The van der Waals surface area contributed by atoms with Crippen LogP contribution in [-0.2, 0) is 6.42 Å². The third kappa shape index (κ3) is 2.18. The first-order valence-electron chi connectivity index (χ1n) is 6.59. The molecule has 2 heterocycles. The van der Waals surface area contributed by atoms with Crippen molar-refractivity contribution in [1.82, 2.24) is 15.0 Å². The molecule has 0 bridgehead atoms. The lowest BCUT2D eigenvalue weighted by Gasteiger charge is -2.11. The topological polar surface area (TPSA) is 93.6 Å². The summed E-state index contributed by atoms with van der Waals surface area (Å²) in [7, 11) is 0. The van der Waals surface area contributed by atoms with Gasteiger partial charge in [-0.3, -0.25) is 0 Å². The normalized spacial score (nSPS) is 12.7. The van der Waals surface area contributed by atoms with Crippen molar-refractivity contribution >= 4 is 22.8 Å². The first-order chi connectivity index (χ1) is 9.65. The molecule has 5 N–H and O–H groups in total. The molecule has 0 saturated heterocycles. The number of hydrogen-bond acceptors (Lipinski definition) is 4. The number of benzene rings is 1. The quantitative estimate of drug-likeness (QED) is 0.679. The van der Waals surface area contributed by atoms with Crippen LogP contribution in [0.15, 0.2) is 36.5 Å². The van der Waals surface area contributed by atoms with Crippen LogP contribution in [0.25, 0.3) is 11.0 Å². The molecule has 0 saturated carbocycles. The smallest absolute Gasteiger partial charge is 0.223 e. The molecule has 0 aliphatic rings. The zero-order valence-corrected chi connectivity index (χ0v) is 11.3. The largest absolute Gasteiger partial charge is 0.383 e.